The number of rotatable bonds is 5. The molecule has 0 bridgehead atoms. The Bertz CT molecular complexity index is 582. The van der Waals surface area contributed by atoms with Crippen LogP contribution >= 0.6 is 23.2 Å². The number of carbonyl (C=O) groups excluding carboxylic acids is 2. The molecule has 1 aliphatic heterocycles. The fourth-order valence-electron chi connectivity index (χ4n) is 2.38. The number of carbonyl (C=O) groups is 2. The average molecular weight is 371 g/mol. The second kappa shape index (κ2) is 9.70. The van der Waals surface area contributed by atoms with Gasteiger partial charge in [0.05, 0.1) is 10.0 Å². The molecule has 132 valence electrons. The highest BCUT2D eigenvalue weighted by Gasteiger charge is 2.20. The van der Waals surface area contributed by atoms with Crippen LogP contribution in [0.1, 0.15) is 32.3 Å². The first-order valence-corrected chi connectivity index (χ1v) is 8.61. The Kier molecular flexibility index (Phi) is 8.29. The van der Waals surface area contributed by atoms with Gasteiger partial charge in [-0.3, -0.25) is 9.59 Å². The third kappa shape index (κ3) is 6.17. The zero-order valence-electron chi connectivity index (χ0n) is 14.1. The molecule has 1 heterocycles. The molecule has 1 aromatic carbocycles. The summed E-state index contributed by atoms with van der Waals surface area (Å²) in [5, 5.41) is 3.74. The molecule has 1 N–H and O–H groups in total. The second-order valence-corrected chi connectivity index (χ2v) is 7.06. The van der Waals surface area contributed by atoms with Gasteiger partial charge in [0.1, 0.15) is 0 Å². The summed E-state index contributed by atoms with van der Waals surface area (Å²) in [5.41, 5.74) is 0.890. The molecule has 0 atom stereocenters. The number of nitrogens with zero attached hydrogens (tertiary/aromatic N) is 1. The molecule has 1 fully saturated rings. The molecular weight excluding hydrogens is 347 g/mol. The number of benzene rings is 1. The maximum atomic E-state index is 10.8. The first-order valence-electron chi connectivity index (χ1n) is 7.85. The molecule has 0 aromatic heterocycles. The van der Waals surface area contributed by atoms with Gasteiger partial charge in [0.15, 0.2) is 0 Å². The van der Waals surface area contributed by atoms with Crippen molar-refractivity contribution in [2.45, 2.75) is 32.1 Å². The van der Waals surface area contributed by atoms with Crippen LogP contribution in [0.2, 0.25) is 10.0 Å². The third-order valence-electron chi connectivity index (χ3n) is 3.92. The lowest BCUT2D eigenvalue weighted by atomic mass is 9.85. The zero-order chi connectivity index (χ0) is 18.2. The van der Waals surface area contributed by atoms with Crippen molar-refractivity contribution in [2.75, 3.05) is 19.6 Å². The maximum Gasteiger partial charge on any atom is 0.245 e. The Hall–Kier alpha value is -1.52. The van der Waals surface area contributed by atoms with Crippen LogP contribution < -0.4 is 5.32 Å². The highest BCUT2D eigenvalue weighted by molar-refractivity contribution is 6.42. The number of likely N-dealkylation sites (tertiary alicyclic amines) is 1. The summed E-state index contributed by atoms with van der Waals surface area (Å²) < 4.78 is 0. The molecule has 2 amide bonds. The lowest BCUT2D eigenvalue weighted by molar-refractivity contribution is -0.125. The lowest BCUT2D eigenvalue weighted by Gasteiger charge is -2.25. The van der Waals surface area contributed by atoms with Crippen molar-refractivity contribution in [2.24, 2.45) is 0 Å². The standard InChI is InChI=1S/C11H13Cl2NO.C7H11NO/c1-11(2,6-14-7-15)8-3-4-9(12)10(13)5-8;1-2-7(9)8-5-3-4-6-8/h3-5,7H,6H2,1-2H3,(H,14,15);2H,1,3-6H2. The molecule has 0 radical (unpaired) electrons. The topological polar surface area (TPSA) is 49.4 Å². The molecule has 2 rings (SSSR count). The summed E-state index contributed by atoms with van der Waals surface area (Å²) in [6.45, 7) is 9.88. The van der Waals surface area contributed by atoms with Crippen LogP contribution in [0.3, 0.4) is 0 Å². The predicted octanol–water partition coefficient (Wildman–Crippen LogP) is 3.81. The number of amides is 2. The number of hydrogen-bond acceptors (Lipinski definition) is 2. The lowest BCUT2D eigenvalue weighted by Crippen LogP contribution is -2.32. The van der Waals surface area contributed by atoms with Crippen molar-refractivity contribution in [3.05, 3.63) is 46.5 Å². The Morgan fingerprint density at radius 1 is 1.29 bits per heavy atom. The van der Waals surface area contributed by atoms with Crippen LogP contribution in [0.4, 0.5) is 0 Å². The van der Waals surface area contributed by atoms with E-state index in [2.05, 4.69) is 11.9 Å². The van der Waals surface area contributed by atoms with Gasteiger partial charge in [-0.05, 0) is 36.6 Å². The van der Waals surface area contributed by atoms with Gasteiger partial charge in [-0.2, -0.15) is 0 Å². The van der Waals surface area contributed by atoms with E-state index in [1.165, 1.54) is 6.08 Å². The van der Waals surface area contributed by atoms with Crippen molar-refractivity contribution in [3.8, 4) is 0 Å². The van der Waals surface area contributed by atoms with E-state index in [1.807, 2.05) is 30.9 Å². The third-order valence-corrected chi connectivity index (χ3v) is 4.66. The first kappa shape index (κ1) is 20.5. The zero-order valence-corrected chi connectivity index (χ0v) is 15.7. The van der Waals surface area contributed by atoms with Gasteiger partial charge in [-0.15, -0.1) is 0 Å². The van der Waals surface area contributed by atoms with E-state index >= 15 is 0 Å². The summed E-state index contributed by atoms with van der Waals surface area (Å²) in [6, 6.07) is 5.51. The molecule has 0 aliphatic carbocycles. The van der Waals surface area contributed by atoms with Gasteiger partial charge in [0.2, 0.25) is 12.3 Å². The molecule has 1 saturated heterocycles. The van der Waals surface area contributed by atoms with E-state index in [0.29, 0.717) is 23.0 Å². The van der Waals surface area contributed by atoms with E-state index in [4.69, 9.17) is 23.2 Å². The fraction of sp³-hybridized carbons (Fsp3) is 0.444. The molecule has 24 heavy (non-hydrogen) atoms. The highest BCUT2D eigenvalue weighted by Crippen LogP contribution is 2.29. The largest absolute Gasteiger partial charge is 0.358 e. The van der Waals surface area contributed by atoms with Crippen LogP contribution in [-0.2, 0) is 15.0 Å². The first-order chi connectivity index (χ1) is 11.3. The monoisotopic (exact) mass is 370 g/mol. The van der Waals surface area contributed by atoms with Crippen LogP contribution in [-0.4, -0.2) is 36.9 Å². The van der Waals surface area contributed by atoms with Crippen molar-refractivity contribution in [1.29, 1.82) is 0 Å². The number of hydrogen-bond donors (Lipinski definition) is 1. The van der Waals surface area contributed by atoms with Crippen molar-refractivity contribution in [3.63, 3.8) is 0 Å². The van der Waals surface area contributed by atoms with Crippen LogP contribution in [0.25, 0.3) is 0 Å². The Balaban J connectivity index is 0.000000272. The van der Waals surface area contributed by atoms with Crippen LogP contribution in [0.5, 0.6) is 0 Å². The smallest absolute Gasteiger partial charge is 0.245 e. The van der Waals surface area contributed by atoms with Crippen LogP contribution in [0.15, 0.2) is 30.9 Å². The van der Waals surface area contributed by atoms with Gasteiger partial charge in [-0.1, -0.05) is 49.7 Å². The van der Waals surface area contributed by atoms with E-state index in [0.717, 1.165) is 31.5 Å². The minimum atomic E-state index is -0.158. The van der Waals surface area contributed by atoms with Gasteiger partial charge < -0.3 is 10.2 Å². The van der Waals surface area contributed by atoms with Crippen molar-refractivity contribution < 1.29 is 9.59 Å². The summed E-state index contributed by atoms with van der Waals surface area (Å²) >= 11 is 11.8. The molecule has 1 aromatic rings. The van der Waals surface area contributed by atoms with Crippen LogP contribution in [0, 0.1) is 0 Å². The molecule has 1 aliphatic rings. The predicted molar refractivity (Wildman–Crippen MR) is 99.6 cm³/mol. The minimum absolute atomic E-state index is 0.0764. The summed E-state index contributed by atoms with van der Waals surface area (Å²) in [7, 11) is 0. The Morgan fingerprint density at radius 2 is 1.92 bits per heavy atom. The fourth-order valence-corrected chi connectivity index (χ4v) is 2.68. The molecular formula is C18H24Cl2N2O2. The van der Waals surface area contributed by atoms with E-state index in [1.54, 1.807) is 6.07 Å². The van der Waals surface area contributed by atoms with E-state index in [-0.39, 0.29) is 11.3 Å². The Labute approximate surface area is 153 Å². The second-order valence-electron chi connectivity index (χ2n) is 6.25. The van der Waals surface area contributed by atoms with Gasteiger partial charge >= 0.3 is 0 Å². The summed E-state index contributed by atoms with van der Waals surface area (Å²) in [5.74, 6) is 0.0764. The van der Waals surface area contributed by atoms with Gasteiger partial charge in [0, 0.05) is 25.0 Å². The SMILES string of the molecule is C=CC(=O)N1CCCC1.CC(C)(CNC=O)c1ccc(Cl)c(Cl)c1. The van der Waals surface area contributed by atoms with Gasteiger partial charge in [0.25, 0.3) is 0 Å². The van der Waals surface area contributed by atoms with E-state index < -0.39 is 0 Å². The number of nitrogens with one attached hydrogen (secondary N) is 1. The molecule has 6 heteroatoms. The summed E-state index contributed by atoms with van der Waals surface area (Å²) in [4.78, 5) is 22.9. The van der Waals surface area contributed by atoms with Gasteiger partial charge in [-0.25, -0.2) is 0 Å². The molecule has 0 spiro atoms. The maximum absolute atomic E-state index is 10.8. The minimum Gasteiger partial charge on any atom is -0.358 e. The summed E-state index contributed by atoms with van der Waals surface area (Å²) in [6.07, 6.45) is 4.38. The molecule has 4 nitrogen and oxygen atoms in total. The average Bonchev–Trinajstić information content (AvgIpc) is 3.10. The number of halogens is 2. The van der Waals surface area contributed by atoms with E-state index in [9.17, 15) is 9.59 Å². The normalized spacial score (nSPS) is 13.8. The highest BCUT2D eigenvalue weighted by atomic mass is 35.5. The van der Waals surface area contributed by atoms with Crippen molar-refractivity contribution >= 4 is 35.5 Å². The Morgan fingerprint density at radius 3 is 2.42 bits per heavy atom. The quantitative estimate of drug-likeness (QED) is 0.632. The molecule has 0 saturated carbocycles. The molecule has 0 unspecified atom stereocenters. The van der Waals surface area contributed by atoms with Crippen molar-refractivity contribution in [1.82, 2.24) is 10.2 Å².